The lowest BCUT2D eigenvalue weighted by molar-refractivity contribution is 0.219. The van der Waals surface area contributed by atoms with E-state index >= 15 is 0 Å². The molecule has 1 N–H and O–H groups in total. The Kier molecular flexibility index (Phi) is 3.99. The van der Waals surface area contributed by atoms with Crippen molar-refractivity contribution in [3.8, 4) is 5.75 Å². The van der Waals surface area contributed by atoms with Gasteiger partial charge in [0.1, 0.15) is 11.9 Å². The van der Waals surface area contributed by atoms with Gasteiger partial charge in [-0.1, -0.05) is 12.1 Å². The molecule has 18 heavy (non-hydrogen) atoms. The number of nitrogens with zero attached hydrogens (tertiary/aromatic N) is 2. The van der Waals surface area contributed by atoms with Crippen molar-refractivity contribution in [2.24, 2.45) is 0 Å². The van der Waals surface area contributed by atoms with E-state index in [1.807, 2.05) is 44.3 Å². The maximum absolute atomic E-state index is 10.3. The summed E-state index contributed by atoms with van der Waals surface area (Å²) in [5, 5.41) is 14.4. The molecule has 1 aromatic heterocycles. The van der Waals surface area contributed by atoms with Gasteiger partial charge in [-0.05, 0) is 31.5 Å². The van der Waals surface area contributed by atoms with Gasteiger partial charge in [-0.15, -0.1) is 0 Å². The van der Waals surface area contributed by atoms with Gasteiger partial charge >= 0.3 is 0 Å². The van der Waals surface area contributed by atoms with Crippen LogP contribution in [0.5, 0.6) is 5.75 Å². The first-order valence-electron chi connectivity index (χ1n) is 6.17. The van der Waals surface area contributed by atoms with Crippen LogP contribution in [0.25, 0.3) is 0 Å². The predicted molar refractivity (Wildman–Crippen MR) is 69.6 cm³/mol. The molecular formula is C14H18N2O2. The first kappa shape index (κ1) is 12.6. The molecule has 0 amide bonds. The molecule has 96 valence electrons. The van der Waals surface area contributed by atoms with Gasteiger partial charge in [-0.3, -0.25) is 4.68 Å². The van der Waals surface area contributed by atoms with Crippen LogP contribution in [0.4, 0.5) is 0 Å². The third-order valence-corrected chi connectivity index (χ3v) is 2.78. The van der Waals surface area contributed by atoms with Crippen molar-refractivity contribution in [2.45, 2.75) is 26.5 Å². The minimum atomic E-state index is -0.661. The minimum absolute atomic E-state index is 0.618. The molecule has 2 aromatic rings. The van der Waals surface area contributed by atoms with Crippen LogP contribution in [-0.2, 0) is 6.54 Å². The SMILES string of the molecule is CCOc1cccc(C(O)c2cnn(CC)c2)c1. The van der Waals surface area contributed by atoms with Gasteiger partial charge in [-0.2, -0.15) is 5.10 Å². The highest BCUT2D eigenvalue weighted by Gasteiger charge is 2.13. The van der Waals surface area contributed by atoms with E-state index in [2.05, 4.69) is 5.10 Å². The fraction of sp³-hybridized carbons (Fsp3) is 0.357. The highest BCUT2D eigenvalue weighted by atomic mass is 16.5. The van der Waals surface area contributed by atoms with E-state index in [1.54, 1.807) is 10.9 Å². The Morgan fingerprint density at radius 1 is 1.33 bits per heavy atom. The molecule has 1 atom stereocenters. The number of aliphatic hydroxyl groups is 1. The number of ether oxygens (including phenoxy) is 1. The summed E-state index contributed by atoms with van der Waals surface area (Å²) in [6.45, 7) is 5.37. The largest absolute Gasteiger partial charge is 0.494 e. The number of hydrogen-bond acceptors (Lipinski definition) is 3. The van der Waals surface area contributed by atoms with Crippen molar-refractivity contribution in [1.29, 1.82) is 0 Å². The van der Waals surface area contributed by atoms with Crippen LogP contribution < -0.4 is 4.74 Å². The average molecular weight is 246 g/mol. The molecule has 0 saturated carbocycles. The highest BCUT2D eigenvalue weighted by molar-refractivity contribution is 5.34. The third kappa shape index (κ3) is 2.71. The second-order valence-corrected chi connectivity index (χ2v) is 4.04. The zero-order valence-corrected chi connectivity index (χ0v) is 10.7. The van der Waals surface area contributed by atoms with Crippen LogP contribution in [0.15, 0.2) is 36.7 Å². The van der Waals surface area contributed by atoms with Gasteiger partial charge in [0.05, 0.1) is 12.8 Å². The van der Waals surface area contributed by atoms with E-state index in [-0.39, 0.29) is 0 Å². The molecule has 0 radical (unpaired) electrons. The molecule has 0 spiro atoms. The van der Waals surface area contributed by atoms with Gasteiger partial charge < -0.3 is 9.84 Å². The van der Waals surface area contributed by atoms with Gasteiger partial charge in [0, 0.05) is 18.3 Å². The molecule has 1 aromatic carbocycles. The third-order valence-electron chi connectivity index (χ3n) is 2.78. The molecule has 0 aliphatic rings. The van der Waals surface area contributed by atoms with E-state index in [9.17, 15) is 5.11 Å². The summed E-state index contributed by atoms with van der Waals surface area (Å²) in [7, 11) is 0. The van der Waals surface area contributed by atoms with Crippen molar-refractivity contribution in [3.63, 3.8) is 0 Å². The predicted octanol–water partition coefficient (Wildman–Crippen LogP) is 2.38. The summed E-state index contributed by atoms with van der Waals surface area (Å²) in [6, 6.07) is 7.51. The fourth-order valence-electron chi connectivity index (χ4n) is 1.83. The van der Waals surface area contributed by atoms with Crippen molar-refractivity contribution >= 4 is 0 Å². The van der Waals surface area contributed by atoms with Crippen molar-refractivity contribution in [2.75, 3.05) is 6.61 Å². The number of benzene rings is 1. The average Bonchev–Trinajstić information content (AvgIpc) is 2.87. The zero-order valence-electron chi connectivity index (χ0n) is 10.7. The minimum Gasteiger partial charge on any atom is -0.494 e. The molecular weight excluding hydrogens is 228 g/mol. The Hall–Kier alpha value is -1.81. The molecule has 4 nitrogen and oxygen atoms in total. The van der Waals surface area contributed by atoms with Crippen LogP contribution >= 0.6 is 0 Å². The lowest BCUT2D eigenvalue weighted by Gasteiger charge is -2.10. The Morgan fingerprint density at radius 2 is 2.17 bits per heavy atom. The Morgan fingerprint density at radius 3 is 2.83 bits per heavy atom. The fourth-order valence-corrected chi connectivity index (χ4v) is 1.83. The molecule has 1 heterocycles. The van der Waals surface area contributed by atoms with Crippen LogP contribution in [-0.4, -0.2) is 21.5 Å². The molecule has 1 unspecified atom stereocenters. The molecule has 2 rings (SSSR count). The number of aryl methyl sites for hydroxylation is 1. The lowest BCUT2D eigenvalue weighted by Crippen LogP contribution is -2.00. The Labute approximate surface area is 107 Å². The van der Waals surface area contributed by atoms with E-state index in [0.717, 1.165) is 23.4 Å². The molecule has 0 aliphatic heterocycles. The van der Waals surface area contributed by atoms with Crippen LogP contribution in [0.1, 0.15) is 31.1 Å². The molecule has 0 aliphatic carbocycles. The molecule has 4 heteroatoms. The number of aromatic nitrogens is 2. The Bertz CT molecular complexity index is 508. The number of hydrogen-bond donors (Lipinski definition) is 1. The molecule has 0 fully saturated rings. The second kappa shape index (κ2) is 5.69. The van der Waals surface area contributed by atoms with Crippen molar-refractivity contribution in [1.82, 2.24) is 9.78 Å². The Balaban J connectivity index is 2.21. The van der Waals surface area contributed by atoms with Gasteiger partial charge in [0.15, 0.2) is 0 Å². The maximum atomic E-state index is 10.3. The van der Waals surface area contributed by atoms with E-state index in [4.69, 9.17) is 4.74 Å². The first-order chi connectivity index (χ1) is 8.74. The van der Waals surface area contributed by atoms with Crippen molar-refractivity contribution < 1.29 is 9.84 Å². The monoisotopic (exact) mass is 246 g/mol. The summed E-state index contributed by atoms with van der Waals surface area (Å²) >= 11 is 0. The summed E-state index contributed by atoms with van der Waals surface area (Å²) in [4.78, 5) is 0. The highest BCUT2D eigenvalue weighted by Crippen LogP contribution is 2.24. The quantitative estimate of drug-likeness (QED) is 0.881. The van der Waals surface area contributed by atoms with Crippen molar-refractivity contribution in [3.05, 3.63) is 47.8 Å². The normalized spacial score (nSPS) is 12.4. The lowest BCUT2D eigenvalue weighted by atomic mass is 10.0. The zero-order chi connectivity index (χ0) is 13.0. The van der Waals surface area contributed by atoms with E-state index in [0.29, 0.717) is 6.61 Å². The van der Waals surface area contributed by atoms with Crippen LogP contribution in [0.2, 0.25) is 0 Å². The topological polar surface area (TPSA) is 47.3 Å². The van der Waals surface area contributed by atoms with Crippen LogP contribution in [0.3, 0.4) is 0 Å². The van der Waals surface area contributed by atoms with Gasteiger partial charge in [0.2, 0.25) is 0 Å². The summed E-state index contributed by atoms with van der Waals surface area (Å²) < 4.78 is 7.22. The van der Waals surface area contributed by atoms with Gasteiger partial charge in [0.25, 0.3) is 0 Å². The number of aliphatic hydroxyl groups excluding tert-OH is 1. The number of rotatable bonds is 5. The maximum Gasteiger partial charge on any atom is 0.119 e. The van der Waals surface area contributed by atoms with Crippen LogP contribution in [0, 0.1) is 0 Å². The summed E-state index contributed by atoms with van der Waals surface area (Å²) in [5.41, 5.74) is 1.61. The second-order valence-electron chi connectivity index (χ2n) is 4.04. The first-order valence-corrected chi connectivity index (χ1v) is 6.17. The molecule has 0 bridgehead atoms. The van der Waals surface area contributed by atoms with E-state index in [1.165, 1.54) is 0 Å². The smallest absolute Gasteiger partial charge is 0.119 e. The summed E-state index contributed by atoms with van der Waals surface area (Å²) in [5.74, 6) is 0.775. The standard InChI is InChI=1S/C14H18N2O2/c1-3-16-10-12(9-15-16)14(17)11-6-5-7-13(8-11)18-4-2/h5-10,14,17H,3-4H2,1-2H3. The van der Waals surface area contributed by atoms with E-state index < -0.39 is 6.10 Å². The molecule has 0 saturated heterocycles. The van der Waals surface area contributed by atoms with Gasteiger partial charge in [-0.25, -0.2) is 0 Å². The summed E-state index contributed by atoms with van der Waals surface area (Å²) in [6.07, 6.45) is 2.89.